The van der Waals surface area contributed by atoms with E-state index in [4.69, 9.17) is 4.74 Å². The van der Waals surface area contributed by atoms with Gasteiger partial charge in [-0.3, -0.25) is 0 Å². The van der Waals surface area contributed by atoms with Gasteiger partial charge in [0.25, 0.3) is 0 Å². The predicted molar refractivity (Wildman–Crippen MR) is 201 cm³/mol. The number of anilines is 3. The second-order valence-corrected chi connectivity index (χ2v) is 12.9. The highest BCUT2D eigenvalue weighted by Gasteiger charge is 2.51. The van der Waals surface area contributed by atoms with Crippen molar-refractivity contribution in [2.75, 3.05) is 4.90 Å². The van der Waals surface area contributed by atoms with Gasteiger partial charge in [-0.1, -0.05) is 140 Å². The van der Waals surface area contributed by atoms with E-state index in [1.807, 2.05) is 0 Å². The van der Waals surface area contributed by atoms with Crippen molar-refractivity contribution >= 4 is 27.8 Å². The fourth-order valence-electron chi connectivity index (χ4n) is 8.25. The summed E-state index contributed by atoms with van der Waals surface area (Å²) in [6, 6.07) is 67.8. The Bertz CT molecular complexity index is 2470. The maximum atomic E-state index is 6.64. The van der Waals surface area contributed by atoms with E-state index in [9.17, 15) is 0 Å². The summed E-state index contributed by atoms with van der Waals surface area (Å²) >= 11 is 0. The molecule has 10 rings (SSSR count). The van der Waals surface area contributed by atoms with Crippen LogP contribution < -0.4 is 9.64 Å². The second kappa shape index (κ2) is 10.8. The topological polar surface area (TPSA) is 12.5 Å². The van der Waals surface area contributed by atoms with E-state index in [2.05, 4.69) is 193 Å². The van der Waals surface area contributed by atoms with Crippen molar-refractivity contribution in [3.8, 4) is 33.8 Å². The third-order valence-electron chi connectivity index (χ3n) is 10.3. The molecule has 8 aromatic rings. The maximum Gasteiger partial charge on any atom is 0.132 e. The molecule has 49 heavy (non-hydrogen) atoms. The van der Waals surface area contributed by atoms with Crippen LogP contribution in [0.5, 0.6) is 11.5 Å². The van der Waals surface area contributed by atoms with Crippen molar-refractivity contribution < 1.29 is 4.74 Å². The summed E-state index contributed by atoms with van der Waals surface area (Å²) in [5.74, 6) is 1.80. The molecule has 8 aromatic carbocycles. The first-order valence-corrected chi connectivity index (χ1v) is 16.9. The molecule has 0 unspecified atom stereocenters. The zero-order valence-corrected chi connectivity index (χ0v) is 26.8. The summed E-state index contributed by atoms with van der Waals surface area (Å²) in [6.07, 6.45) is 0. The lowest BCUT2D eigenvalue weighted by Gasteiger charge is -2.39. The Morgan fingerprint density at radius 1 is 0.388 bits per heavy atom. The Hall–Kier alpha value is -6.38. The average molecular weight is 626 g/mol. The highest BCUT2D eigenvalue weighted by molar-refractivity contribution is 6.05. The second-order valence-electron chi connectivity index (χ2n) is 12.9. The van der Waals surface area contributed by atoms with E-state index in [-0.39, 0.29) is 0 Å². The molecule has 230 valence electrons. The van der Waals surface area contributed by atoms with Crippen LogP contribution >= 0.6 is 0 Å². The van der Waals surface area contributed by atoms with E-state index in [1.54, 1.807) is 0 Å². The van der Waals surface area contributed by atoms with Crippen LogP contribution in [-0.4, -0.2) is 0 Å². The van der Waals surface area contributed by atoms with Crippen molar-refractivity contribution in [2.45, 2.75) is 5.41 Å². The quantitative estimate of drug-likeness (QED) is 0.193. The lowest BCUT2D eigenvalue weighted by Crippen LogP contribution is -2.32. The van der Waals surface area contributed by atoms with Crippen LogP contribution in [0.4, 0.5) is 17.1 Å². The van der Waals surface area contributed by atoms with Crippen LogP contribution in [-0.2, 0) is 5.41 Å². The highest BCUT2D eigenvalue weighted by Crippen LogP contribution is 2.63. The van der Waals surface area contributed by atoms with E-state index < -0.39 is 5.41 Å². The summed E-state index contributed by atoms with van der Waals surface area (Å²) < 4.78 is 6.64. The molecule has 0 bridgehead atoms. The van der Waals surface area contributed by atoms with Crippen molar-refractivity contribution in [2.24, 2.45) is 0 Å². The molecule has 0 radical (unpaired) electrons. The van der Waals surface area contributed by atoms with Gasteiger partial charge in [0.1, 0.15) is 11.5 Å². The standard InChI is InChI=1S/C47H31NO/c1-3-13-32(14-4-1)33-23-26-36(27-24-33)48(35-16-5-2-6-17-35)37-28-29-39-43(31-37)47(42-30-25-34-15-7-8-18-38(34)46(39)42)40-19-9-11-21-44(40)49-45-22-12-10-20-41(45)47/h1-31H. The van der Waals surface area contributed by atoms with Crippen molar-refractivity contribution in [1.82, 2.24) is 0 Å². The molecule has 1 heterocycles. The minimum Gasteiger partial charge on any atom is -0.457 e. The molecule has 1 aliphatic heterocycles. The van der Waals surface area contributed by atoms with Gasteiger partial charge in [-0.25, -0.2) is 0 Å². The zero-order valence-electron chi connectivity index (χ0n) is 26.8. The van der Waals surface area contributed by atoms with Gasteiger partial charge in [0.15, 0.2) is 0 Å². The maximum absolute atomic E-state index is 6.64. The Kier molecular flexibility index (Phi) is 6.13. The molecular formula is C47H31NO. The van der Waals surface area contributed by atoms with Crippen LogP contribution in [0.2, 0.25) is 0 Å². The summed E-state index contributed by atoms with van der Waals surface area (Å²) in [7, 11) is 0. The lowest BCUT2D eigenvalue weighted by molar-refractivity contribution is 0.436. The van der Waals surface area contributed by atoms with E-state index in [1.165, 1.54) is 55.3 Å². The molecule has 0 atom stereocenters. The normalized spacial score (nSPS) is 13.2. The number of rotatable bonds is 4. The average Bonchev–Trinajstić information content (AvgIpc) is 3.46. The van der Waals surface area contributed by atoms with Crippen LogP contribution in [0.3, 0.4) is 0 Å². The Morgan fingerprint density at radius 2 is 0.959 bits per heavy atom. The van der Waals surface area contributed by atoms with Crippen LogP contribution in [0, 0.1) is 0 Å². The molecule has 2 nitrogen and oxygen atoms in total. The van der Waals surface area contributed by atoms with Crippen molar-refractivity contribution in [1.29, 1.82) is 0 Å². The lowest BCUT2D eigenvalue weighted by atomic mass is 9.66. The number of hydrogen-bond donors (Lipinski definition) is 0. The van der Waals surface area contributed by atoms with Crippen LogP contribution in [0.1, 0.15) is 22.3 Å². The molecule has 0 saturated carbocycles. The van der Waals surface area contributed by atoms with Gasteiger partial charge >= 0.3 is 0 Å². The predicted octanol–water partition coefficient (Wildman–Crippen LogP) is 12.4. The molecule has 1 aliphatic carbocycles. The smallest absolute Gasteiger partial charge is 0.132 e. The molecule has 0 amide bonds. The van der Waals surface area contributed by atoms with Gasteiger partial charge in [0, 0.05) is 28.2 Å². The number of ether oxygens (including phenoxy) is 1. The molecule has 2 aliphatic rings. The zero-order chi connectivity index (χ0) is 32.4. The molecule has 0 aromatic heterocycles. The number of nitrogens with zero attached hydrogens (tertiary/aromatic N) is 1. The van der Waals surface area contributed by atoms with Gasteiger partial charge in [-0.2, -0.15) is 0 Å². The monoisotopic (exact) mass is 625 g/mol. The van der Waals surface area contributed by atoms with Crippen molar-refractivity contribution in [3.63, 3.8) is 0 Å². The first kappa shape index (κ1) is 27.7. The third-order valence-corrected chi connectivity index (χ3v) is 10.3. The highest BCUT2D eigenvalue weighted by atomic mass is 16.5. The van der Waals surface area contributed by atoms with Crippen LogP contribution in [0.25, 0.3) is 33.0 Å². The molecule has 0 N–H and O–H groups in total. The minimum absolute atomic E-state index is 0.560. The van der Waals surface area contributed by atoms with Crippen molar-refractivity contribution in [3.05, 3.63) is 210 Å². The number of benzene rings is 8. The Morgan fingerprint density at radius 3 is 1.69 bits per heavy atom. The Labute approximate surface area is 286 Å². The molecule has 2 heteroatoms. The summed E-state index contributed by atoms with van der Waals surface area (Å²) in [6.45, 7) is 0. The summed E-state index contributed by atoms with van der Waals surface area (Å²) in [5, 5.41) is 2.51. The van der Waals surface area contributed by atoms with Gasteiger partial charge in [0.2, 0.25) is 0 Å². The third kappa shape index (κ3) is 4.07. The first-order chi connectivity index (χ1) is 24.3. The van der Waals surface area contributed by atoms with Gasteiger partial charge in [0.05, 0.1) is 5.41 Å². The molecule has 0 fully saturated rings. The van der Waals surface area contributed by atoms with Gasteiger partial charge < -0.3 is 9.64 Å². The fourth-order valence-corrected chi connectivity index (χ4v) is 8.25. The fraction of sp³-hybridized carbons (Fsp3) is 0.0213. The minimum atomic E-state index is -0.560. The number of hydrogen-bond acceptors (Lipinski definition) is 2. The summed E-state index contributed by atoms with van der Waals surface area (Å²) in [5.41, 5.74) is 12.6. The molecular weight excluding hydrogens is 595 g/mol. The summed E-state index contributed by atoms with van der Waals surface area (Å²) in [4.78, 5) is 2.38. The first-order valence-electron chi connectivity index (χ1n) is 16.9. The number of fused-ring (bicyclic) bond motifs is 11. The van der Waals surface area contributed by atoms with Gasteiger partial charge in [-0.05, 0) is 92.7 Å². The molecule has 1 spiro atoms. The van der Waals surface area contributed by atoms with Crippen LogP contribution in [0.15, 0.2) is 188 Å². The van der Waals surface area contributed by atoms with Gasteiger partial charge in [-0.15, -0.1) is 0 Å². The van der Waals surface area contributed by atoms with E-state index >= 15 is 0 Å². The number of para-hydroxylation sites is 3. The van der Waals surface area contributed by atoms with E-state index in [0.29, 0.717) is 0 Å². The molecule has 0 saturated heterocycles. The van der Waals surface area contributed by atoms with E-state index in [0.717, 1.165) is 28.6 Å². The SMILES string of the molecule is c1ccc(-c2ccc(N(c3ccccc3)c3ccc4c(c3)C3(c5ccccc5Oc5ccccc53)c3ccc5ccccc5c3-4)cc2)cc1. The Balaban J connectivity index is 1.26. The largest absolute Gasteiger partial charge is 0.457 e.